The van der Waals surface area contributed by atoms with Crippen LogP contribution in [0.15, 0.2) is 27.9 Å². The molecule has 0 aromatic heterocycles. The van der Waals surface area contributed by atoms with Crippen LogP contribution in [-0.4, -0.2) is 36.2 Å². The Balaban J connectivity index is 2.30. The first-order valence-corrected chi connectivity index (χ1v) is 4.84. The molecule has 1 aliphatic heterocycles. The lowest BCUT2D eigenvalue weighted by Crippen LogP contribution is -2.31. The third-order valence-corrected chi connectivity index (χ3v) is 2.61. The molecule has 5 nitrogen and oxygen atoms in total. The van der Waals surface area contributed by atoms with Crippen LogP contribution < -0.4 is 5.32 Å². The van der Waals surface area contributed by atoms with E-state index in [2.05, 4.69) is 10.3 Å². The molecule has 0 aromatic rings. The molecule has 0 bridgehead atoms. The number of ether oxygens (including phenoxy) is 1. The second kappa shape index (κ2) is 4.14. The summed E-state index contributed by atoms with van der Waals surface area (Å²) in [5, 5.41) is 22.2. The van der Waals surface area contributed by atoms with Gasteiger partial charge in [0.05, 0.1) is 12.0 Å². The highest BCUT2D eigenvalue weighted by Crippen LogP contribution is 2.29. The molecule has 2 atom stereocenters. The molecule has 2 rings (SSSR count). The van der Waals surface area contributed by atoms with Gasteiger partial charge in [0.15, 0.2) is 12.5 Å². The average Bonchev–Trinajstić information content (AvgIpc) is 2.28. The van der Waals surface area contributed by atoms with Gasteiger partial charge in [0.2, 0.25) is 0 Å². The van der Waals surface area contributed by atoms with Crippen LogP contribution in [0.5, 0.6) is 0 Å². The van der Waals surface area contributed by atoms with E-state index in [4.69, 9.17) is 4.74 Å². The van der Waals surface area contributed by atoms with Crippen LogP contribution in [0.25, 0.3) is 0 Å². The van der Waals surface area contributed by atoms with E-state index in [9.17, 15) is 10.2 Å². The topological polar surface area (TPSA) is 74.1 Å². The van der Waals surface area contributed by atoms with Gasteiger partial charge in [-0.05, 0) is 12.8 Å². The summed E-state index contributed by atoms with van der Waals surface area (Å²) < 4.78 is 4.86. The molecule has 0 radical (unpaired) electrons. The Kier molecular flexibility index (Phi) is 2.86. The van der Waals surface area contributed by atoms with Gasteiger partial charge in [0.25, 0.3) is 0 Å². The van der Waals surface area contributed by atoms with Crippen molar-refractivity contribution in [1.82, 2.24) is 5.32 Å². The quantitative estimate of drug-likeness (QED) is 0.555. The van der Waals surface area contributed by atoms with Crippen LogP contribution >= 0.6 is 0 Å². The zero-order chi connectivity index (χ0) is 10.8. The second-order valence-electron chi connectivity index (χ2n) is 3.48. The van der Waals surface area contributed by atoms with Crippen molar-refractivity contribution in [3.8, 4) is 0 Å². The molecule has 0 aromatic carbocycles. The number of nitrogens with one attached hydrogen (secondary N) is 1. The van der Waals surface area contributed by atoms with Crippen LogP contribution in [0, 0.1) is 0 Å². The molecule has 15 heavy (non-hydrogen) atoms. The Bertz CT molecular complexity index is 347. The third-order valence-electron chi connectivity index (χ3n) is 2.61. The summed E-state index contributed by atoms with van der Waals surface area (Å²) in [6, 6.07) is 0. The zero-order valence-electron chi connectivity index (χ0n) is 8.47. The SMILES string of the molecule is COC(O)C1=CCCC2=C1NC=NC2O. The van der Waals surface area contributed by atoms with Crippen molar-refractivity contribution in [3.63, 3.8) is 0 Å². The standard InChI is InChI=1S/C10H14N2O3/c1-15-10(14)7-4-2-3-6-8(7)11-5-12-9(6)13/h4-5,9-10,13-14H,2-3H2,1H3,(H,11,12). The molecule has 0 amide bonds. The Morgan fingerprint density at radius 3 is 3.20 bits per heavy atom. The fourth-order valence-corrected chi connectivity index (χ4v) is 1.84. The van der Waals surface area contributed by atoms with E-state index in [0.29, 0.717) is 5.57 Å². The van der Waals surface area contributed by atoms with Gasteiger partial charge in [-0.3, -0.25) is 0 Å². The molecule has 1 aliphatic carbocycles. The van der Waals surface area contributed by atoms with E-state index in [1.54, 1.807) is 0 Å². The normalized spacial score (nSPS) is 26.9. The maximum atomic E-state index is 9.63. The Hall–Kier alpha value is -1.17. The van der Waals surface area contributed by atoms with Gasteiger partial charge in [0.1, 0.15) is 0 Å². The van der Waals surface area contributed by atoms with Crippen LogP contribution in [0.3, 0.4) is 0 Å². The zero-order valence-corrected chi connectivity index (χ0v) is 8.47. The fraction of sp³-hybridized carbons (Fsp3) is 0.500. The summed E-state index contributed by atoms with van der Waals surface area (Å²) in [7, 11) is 1.44. The van der Waals surface area contributed by atoms with Gasteiger partial charge in [-0.15, -0.1) is 0 Å². The maximum absolute atomic E-state index is 9.63. The van der Waals surface area contributed by atoms with Gasteiger partial charge in [-0.2, -0.15) is 0 Å². The van der Waals surface area contributed by atoms with E-state index in [-0.39, 0.29) is 0 Å². The predicted molar refractivity (Wildman–Crippen MR) is 55.0 cm³/mol. The van der Waals surface area contributed by atoms with E-state index in [1.807, 2.05) is 6.08 Å². The summed E-state index contributed by atoms with van der Waals surface area (Å²) in [4.78, 5) is 3.85. The number of rotatable bonds is 2. The lowest BCUT2D eigenvalue weighted by molar-refractivity contribution is -0.0439. The fourth-order valence-electron chi connectivity index (χ4n) is 1.84. The smallest absolute Gasteiger partial charge is 0.182 e. The predicted octanol–water partition coefficient (Wildman–Crippen LogP) is -0.125. The first-order valence-electron chi connectivity index (χ1n) is 4.84. The minimum atomic E-state index is -0.957. The van der Waals surface area contributed by atoms with Gasteiger partial charge in [-0.25, -0.2) is 4.99 Å². The van der Waals surface area contributed by atoms with Crippen LogP contribution in [0.4, 0.5) is 0 Å². The summed E-state index contributed by atoms with van der Waals surface area (Å²) in [5.41, 5.74) is 2.22. The molecule has 5 heteroatoms. The van der Waals surface area contributed by atoms with Gasteiger partial charge in [-0.1, -0.05) is 6.08 Å². The molecule has 0 saturated carbocycles. The lowest BCUT2D eigenvalue weighted by atomic mass is 9.93. The summed E-state index contributed by atoms with van der Waals surface area (Å²) >= 11 is 0. The number of nitrogens with zero attached hydrogens (tertiary/aromatic N) is 1. The molecular weight excluding hydrogens is 196 g/mol. The molecule has 2 aliphatic rings. The van der Waals surface area contributed by atoms with E-state index in [0.717, 1.165) is 24.1 Å². The maximum Gasteiger partial charge on any atom is 0.182 e. The first kappa shape index (κ1) is 10.4. The minimum absolute atomic E-state index is 0.670. The van der Waals surface area contributed by atoms with Crippen LogP contribution in [0.2, 0.25) is 0 Å². The lowest BCUT2D eigenvalue weighted by Gasteiger charge is -2.28. The summed E-state index contributed by atoms with van der Waals surface area (Å²) in [6.07, 6.45) is 3.12. The van der Waals surface area contributed by atoms with Crippen LogP contribution in [-0.2, 0) is 4.74 Å². The number of aliphatic hydroxyl groups excluding tert-OH is 2. The molecule has 2 unspecified atom stereocenters. The highest BCUT2D eigenvalue weighted by Gasteiger charge is 2.26. The first-order chi connectivity index (χ1) is 7.24. The molecule has 0 saturated heterocycles. The van der Waals surface area contributed by atoms with Crippen LogP contribution in [0.1, 0.15) is 12.8 Å². The number of methoxy groups -OCH3 is 1. The van der Waals surface area contributed by atoms with Crippen molar-refractivity contribution < 1.29 is 14.9 Å². The Morgan fingerprint density at radius 1 is 1.67 bits per heavy atom. The summed E-state index contributed by atoms with van der Waals surface area (Å²) in [5.74, 6) is 0. The molecule has 0 spiro atoms. The molecular formula is C10H14N2O3. The number of hydrogen-bond donors (Lipinski definition) is 3. The highest BCUT2D eigenvalue weighted by atomic mass is 16.6. The largest absolute Gasteiger partial charge is 0.368 e. The van der Waals surface area contributed by atoms with Gasteiger partial charge in [0, 0.05) is 18.3 Å². The Labute approximate surface area is 87.8 Å². The van der Waals surface area contributed by atoms with Crippen molar-refractivity contribution in [2.24, 2.45) is 4.99 Å². The van der Waals surface area contributed by atoms with Crippen molar-refractivity contribution in [1.29, 1.82) is 0 Å². The average molecular weight is 210 g/mol. The van der Waals surface area contributed by atoms with Crippen molar-refractivity contribution >= 4 is 6.34 Å². The van der Waals surface area contributed by atoms with Crippen molar-refractivity contribution in [3.05, 3.63) is 22.9 Å². The third kappa shape index (κ3) is 1.81. The molecule has 3 N–H and O–H groups in total. The van der Waals surface area contributed by atoms with E-state index in [1.165, 1.54) is 13.4 Å². The Morgan fingerprint density at radius 2 is 2.47 bits per heavy atom. The molecule has 82 valence electrons. The van der Waals surface area contributed by atoms with Gasteiger partial charge < -0.3 is 20.3 Å². The number of allylic oxidation sites excluding steroid dienone is 1. The van der Waals surface area contributed by atoms with E-state index >= 15 is 0 Å². The minimum Gasteiger partial charge on any atom is -0.368 e. The van der Waals surface area contributed by atoms with Gasteiger partial charge >= 0.3 is 0 Å². The molecule has 0 fully saturated rings. The monoisotopic (exact) mass is 210 g/mol. The highest BCUT2D eigenvalue weighted by molar-refractivity contribution is 5.64. The molecule has 1 heterocycles. The van der Waals surface area contributed by atoms with E-state index < -0.39 is 12.5 Å². The second-order valence-corrected chi connectivity index (χ2v) is 3.48. The number of aliphatic hydroxyl groups is 2. The number of aliphatic imine (C=N–C) groups is 1. The van der Waals surface area contributed by atoms with Crippen molar-refractivity contribution in [2.45, 2.75) is 25.4 Å². The van der Waals surface area contributed by atoms with Crippen molar-refractivity contribution in [2.75, 3.05) is 7.11 Å². The summed E-state index contributed by atoms with van der Waals surface area (Å²) in [6.45, 7) is 0. The number of hydrogen-bond acceptors (Lipinski definition) is 5.